The molecule has 1 atom stereocenters. The number of hydrogen-bond donors (Lipinski definition) is 1. The van der Waals surface area contributed by atoms with E-state index in [4.69, 9.17) is 4.74 Å². The van der Waals surface area contributed by atoms with Gasteiger partial charge in [0.1, 0.15) is 0 Å². The van der Waals surface area contributed by atoms with Gasteiger partial charge in [-0.3, -0.25) is 0 Å². The maximum atomic E-state index is 5.46. The molecule has 0 saturated heterocycles. The summed E-state index contributed by atoms with van der Waals surface area (Å²) in [7, 11) is 5.99. The minimum atomic E-state index is -0.0631. The molecule has 0 aromatic heterocycles. The van der Waals surface area contributed by atoms with E-state index in [-0.39, 0.29) is 5.60 Å². The van der Waals surface area contributed by atoms with E-state index in [1.807, 2.05) is 0 Å². The minimum absolute atomic E-state index is 0.0631. The lowest BCUT2D eigenvalue weighted by molar-refractivity contribution is 0.0152. The van der Waals surface area contributed by atoms with Crippen LogP contribution in [0.1, 0.15) is 31.9 Å². The van der Waals surface area contributed by atoms with Gasteiger partial charge in [-0.15, -0.1) is 0 Å². The summed E-state index contributed by atoms with van der Waals surface area (Å²) in [6.45, 7) is 6.20. The molecule has 3 heteroatoms. The van der Waals surface area contributed by atoms with Crippen molar-refractivity contribution in [2.24, 2.45) is 0 Å². The van der Waals surface area contributed by atoms with Gasteiger partial charge in [0.15, 0.2) is 0 Å². The highest BCUT2D eigenvalue weighted by Crippen LogP contribution is 2.16. The molecule has 0 fully saturated rings. The number of rotatable bonds is 8. The van der Waals surface area contributed by atoms with Crippen molar-refractivity contribution in [2.75, 3.05) is 34.3 Å². The number of hydrogen-bond acceptors (Lipinski definition) is 3. The van der Waals surface area contributed by atoms with Crippen LogP contribution in [0, 0.1) is 0 Å². The summed E-state index contributed by atoms with van der Waals surface area (Å²) >= 11 is 0. The van der Waals surface area contributed by atoms with Crippen LogP contribution in [0.25, 0.3) is 0 Å². The van der Waals surface area contributed by atoms with Gasteiger partial charge in [0.2, 0.25) is 0 Å². The first-order valence-corrected chi connectivity index (χ1v) is 6.93. The number of methoxy groups -OCH3 is 1. The Balaban J connectivity index is 2.56. The summed E-state index contributed by atoms with van der Waals surface area (Å²) in [5.74, 6) is 0. The second-order valence-corrected chi connectivity index (χ2v) is 5.89. The molecule has 0 amide bonds. The Kier molecular flexibility index (Phi) is 6.49. The fraction of sp³-hybridized carbons (Fsp3) is 0.625. The zero-order valence-electron chi connectivity index (χ0n) is 12.9. The van der Waals surface area contributed by atoms with Crippen molar-refractivity contribution in [3.63, 3.8) is 0 Å². The normalized spacial score (nSPS) is 13.8. The highest BCUT2D eigenvalue weighted by Gasteiger charge is 2.17. The average molecular weight is 264 g/mol. The summed E-state index contributed by atoms with van der Waals surface area (Å²) in [6, 6.07) is 11.0. The number of nitrogens with zero attached hydrogens (tertiary/aromatic N) is 1. The van der Waals surface area contributed by atoms with Crippen molar-refractivity contribution in [2.45, 2.75) is 31.9 Å². The van der Waals surface area contributed by atoms with Crippen LogP contribution in [-0.4, -0.2) is 44.8 Å². The van der Waals surface area contributed by atoms with Crippen LogP contribution in [0.3, 0.4) is 0 Å². The second kappa shape index (κ2) is 7.63. The molecular formula is C16H28N2O. The monoisotopic (exact) mass is 264 g/mol. The largest absolute Gasteiger partial charge is 0.379 e. The van der Waals surface area contributed by atoms with Gasteiger partial charge in [-0.25, -0.2) is 0 Å². The van der Waals surface area contributed by atoms with E-state index >= 15 is 0 Å². The number of nitrogens with one attached hydrogen (secondary N) is 1. The van der Waals surface area contributed by atoms with E-state index in [0.717, 1.165) is 19.5 Å². The zero-order valence-corrected chi connectivity index (χ0v) is 12.9. The van der Waals surface area contributed by atoms with Gasteiger partial charge in [0.25, 0.3) is 0 Å². The molecular weight excluding hydrogens is 236 g/mol. The van der Waals surface area contributed by atoms with Gasteiger partial charge in [0, 0.05) is 19.7 Å². The lowest BCUT2D eigenvalue weighted by atomic mass is 10.0. The van der Waals surface area contributed by atoms with Crippen LogP contribution in [0.2, 0.25) is 0 Å². The molecule has 1 N–H and O–H groups in total. The van der Waals surface area contributed by atoms with E-state index in [1.165, 1.54) is 5.56 Å². The van der Waals surface area contributed by atoms with Crippen molar-refractivity contribution in [3.8, 4) is 0 Å². The third kappa shape index (κ3) is 6.19. The summed E-state index contributed by atoms with van der Waals surface area (Å²) in [5, 5.41) is 3.64. The predicted octanol–water partition coefficient (Wildman–Crippen LogP) is 2.69. The maximum Gasteiger partial charge on any atom is 0.0634 e. The van der Waals surface area contributed by atoms with Crippen LogP contribution >= 0.6 is 0 Å². The van der Waals surface area contributed by atoms with E-state index < -0.39 is 0 Å². The maximum absolute atomic E-state index is 5.46. The molecule has 0 spiro atoms. The first-order valence-electron chi connectivity index (χ1n) is 6.93. The van der Waals surface area contributed by atoms with E-state index in [1.54, 1.807) is 7.11 Å². The average Bonchev–Trinajstić information content (AvgIpc) is 2.38. The Labute approximate surface area is 118 Å². The van der Waals surface area contributed by atoms with Crippen LogP contribution in [0.5, 0.6) is 0 Å². The number of ether oxygens (including phenoxy) is 1. The van der Waals surface area contributed by atoms with Crippen LogP contribution in [0.4, 0.5) is 0 Å². The van der Waals surface area contributed by atoms with Gasteiger partial charge in [-0.1, -0.05) is 30.3 Å². The Morgan fingerprint density at radius 1 is 1.21 bits per heavy atom. The SMILES string of the molecule is COC(C)(C)CCNC(CN(C)C)c1ccccc1. The molecule has 3 nitrogen and oxygen atoms in total. The molecule has 108 valence electrons. The molecule has 0 saturated carbocycles. The predicted molar refractivity (Wildman–Crippen MR) is 81.4 cm³/mol. The summed E-state index contributed by atoms with van der Waals surface area (Å²) in [6.07, 6.45) is 1.00. The molecule has 0 heterocycles. The van der Waals surface area contributed by atoms with Crippen molar-refractivity contribution >= 4 is 0 Å². The van der Waals surface area contributed by atoms with Crippen molar-refractivity contribution in [1.82, 2.24) is 10.2 Å². The Bertz CT molecular complexity index is 349. The van der Waals surface area contributed by atoms with Gasteiger partial charge in [0.05, 0.1) is 5.60 Å². The lowest BCUT2D eigenvalue weighted by Gasteiger charge is -2.27. The summed E-state index contributed by atoms with van der Waals surface area (Å²) in [5.41, 5.74) is 1.28. The van der Waals surface area contributed by atoms with E-state index in [0.29, 0.717) is 6.04 Å². The van der Waals surface area contributed by atoms with E-state index in [2.05, 4.69) is 68.5 Å². The highest BCUT2D eigenvalue weighted by atomic mass is 16.5. The van der Waals surface area contributed by atoms with Gasteiger partial charge >= 0.3 is 0 Å². The second-order valence-electron chi connectivity index (χ2n) is 5.89. The molecule has 19 heavy (non-hydrogen) atoms. The molecule has 1 aromatic carbocycles. The minimum Gasteiger partial charge on any atom is -0.379 e. The fourth-order valence-electron chi connectivity index (χ4n) is 1.99. The third-order valence-corrected chi connectivity index (χ3v) is 3.42. The number of benzene rings is 1. The Morgan fingerprint density at radius 2 is 1.84 bits per heavy atom. The Morgan fingerprint density at radius 3 is 2.37 bits per heavy atom. The molecule has 0 bridgehead atoms. The molecule has 1 aromatic rings. The fourth-order valence-corrected chi connectivity index (χ4v) is 1.99. The lowest BCUT2D eigenvalue weighted by Crippen LogP contribution is -2.35. The van der Waals surface area contributed by atoms with E-state index in [9.17, 15) is 0 Å². The third-order valence-electron chi connectivity index (χ3n) is 3.42. The van der Waals surface area contributed by atoms with Crippen LogP contribution < -0.4 is 5.32 Å². The molecule has 0 radical (unpaired) electrons. The number of likely N-dealkylation sites (N-methyl/N-ethyl adjacent to an activating group) is 1. The smallest absolute Gasteiger partial charge is 0.0634 e. The molecule has 0 aliphatic rings. The first kappa shape index (κ1) is 16.2. The van der Waals surface area contributed by atoms with Crippen LogP contribution in [0.15, 0.2) is 30.3 Å². The molecule has 1 rings (SSSR count). The summed E-state index contributed by atoms with van der Waals surface area (Å²) < 4.78 is 5.46. The standard InChI is InChI=1S/C16H28N2O/c1-16(2,19-5)11-12-17-15(13-18(3)4)14-9-7-6-8-10-14/h6-10,15,17H,11-13H2,1-5H3. The van der Waals surface area contributed by atoms with Gasteiger partial charge in [-0.2, -0.15) is 0 Å². The molecule has 0 aliphatic heterocycles. The molecule has 0 aliphatic carbocycles. The van der Waals surface area contributed by atoms with Crippen molar-refractivity contribution in [1.29, 1.82) is 0 Å². The topological polar surface area (TPSA) is 24.5 Å². The van der Waals surface area contributed by atoms with Crippen molar-refractivity contribution in [3.05, 3.63) is 35.9 Å². The quantitative estimate of drug-likeness (QED) is 0.781. The highest BCUT2D eigenvalue weighted by molar-refractivity contribution is 5.19. The van der Waals surface area contributed by atoms with Gasteiger partial charge in [-0.05, 0) is 46.5 Å². The Hall–Kier alpha value is -0.900. The first-order chi connectivity index (χ1) is 8.94. The molecule has 1 unspecified atom stereocenters. The van der Waals surface area contributed by atoms with Crippen LogP contribution in [-0.2, 0) is 4.74 Å². The summed E-state index contributed by atoms with van der Waals surface area (Å²) in [4.78, 5) is 2.21. The van der Waals surface area contributed by atoms with Crippen molar-refractivity contribution < 1.29 is 4.74 Å². The van der Waals surface area contributed by atoms with Gasteiger partial charge < -0.3 is 15.0 Å². The zero-order chi connectivity index (χ0) is 14.3.